The quantitative estimate of drug-likeness (QED) is 0.699. The normalized spacial score (nSPS) is 10.0. The van der Waals surface area contributed by atoms with Gasteiger partial charge in [0.25, 0.3) is 0 Å². The Morgan fingerprint density at radius 1 is 1.45 bits per heavy atom. The van der Waals surface area contributed by atoms with Crippen molar-refractivity contribution in [3.63, 3.8) is 0 Å². The second-order valence-corrected chi connectivity index (χ2v) is 2.78. The van der Waals surface area contributed by atoms with Crippen molar-refractivity contribution in [2.75, 3.05) is 5.73 Å². The Kier molecular flexibility index (Phi) is 2.47. The average molecular weight is 150 g/mol. The highest BCUT2D eigenvalue weighted by atomic mass is 14.7. The summed E-state index contributed by atoms with van der Waals surface area (Å²) in [5, 5.41) is 0. The number of hydrogen-bond donors (Lipinski definition) is 1. The van der Waals surface area contributed by atoms with Gasteiger partial charge in [0.15, 0.2) is 0 Å². The van der Waals surface area contributed by atoms with Crippen LogP contribution in [0.4, 0.5) is 5.69 Å². The fourth-order valence-corrected chi connectivity index (χ4v) is 1.10. The van der Waals surface area contributed by atoms with Crippen molar-refractivity contribution >= 4 is 5.69 Å². The number of nitrogens with zero attached hydrogens (tertiary/aromatic N) is 1. The van der Waals surface area contributed by atoms with Crippen LogP contribution in [0.25, 0.3) is 0 Å². The van der Waals surface area contributed by atoms with Gasteiger partial charge in [-0.2, -0.15) is 0 Å². The van der Waals surface area contributed by atoms with Gasteiger partial charge in [0.2, 0.25) is 0 Å². The van der Waals surface area contributed by atoms with Gasteiger partial charge in [-0.15, -0.1) is 0 Å². The number of hydrogen-bond acceptors (Lipinski definition) is 2. The lowest BCUT2D eigenvalue weighted by Gasteiger charge is -2.04. The lowest BCUT2D eigenvalue weighted by molar-refractivity contribution is 0.914. The first kappa shape index (κ1) is 8.05. The van der Waals surface area contributed by atoms with Crippen LogP contribution in [0.15, 0.2) is 12.4 Å². The van der Waals surface area contributed by atoms with Gasteiger partial charge in [0.1, 0.15) is 0 Å². The predicted molar refractivity (Wildman–Crippen MR) is 47.4 cm³/mol. The Labute approximate surface area is 67.5 Å². The minimum atomic E-state index is 0.904. The standard InChI is InChI=1S/C9H14N2/c1-3-4-8-6-11-5-7(2)9(8)10/h5-6H,3-4H2,1-2H3,(H2,10,11). The zero-order valence-electron chi connectivity index (χ0n) is 7.09. The second-order valence-electron chi connectivity index (χ2n) is 2.78. The first-order valence-electron chi connectivity index (χ1n) is 3.94. The van der Waals surface area contributed by atoms with Gasteiger partial charge in [0.05, 0.1) is 0 Å². The van der Waals surface area contributed by atoms with Crippen molar-refractivity contribution in [1.29, 1.82) is 0 Å². The molecule has 0 radical (unpaired) electrons. The molecule has 0 atom stereocenters. The fourth-order valence-electron chi connectivity index (χ4n) is 1.10. The molecule has 0 aliphatic heterocycles. The number of nitrogen functional groups attached to an aromatic ring is 1. The maximum Gasteiger partial charge on any atom is 0.0407 e. The van der Waals surface area contributed by atoms with Crippen molar-refractivity contribution in [2.24, 2.45) is 0 Å². The summed E-state index contributed by atoms with van der Waals surface area (Å²) in [5.41, 5.74) is 8.99. The molecule has 0 bridgehead atoms. The summed E-state index contributed by atoms with van der Waals surface area (Å²) in [4.78, 5) is 4.08. The van der Waals surface area contributed by atoms with E-state index in [1.54, 1.807) is 6.20 Å². The van der Waals surface area contributed by atoms with Crippen molar-refractivity contribution in [2.45, 2.75) is 26.7 Å². The highest BCUT2D eigenvalue weighted by molar-refractivity contribution is 5.51. The van der Waals surface area contributed by atoms with Crippen LogP contribution in [0, 0.1) is 6.92 Å². The Bertz CT molecular complexity index is 243. The molecule has 2 nitrogen and oxygen atoms in total. The highest BCUT2D eigenvalue weighted by Gasteiger charge is 1.99. The summed E-state index contributed by atoms with van der Waals surface area (Å²) in [7, 11) is 0. The molecule has 2 N–H and O–H groups in total. The first-order valence-corrected chi connectivity index (χ1v) is 3.94. The van der Waals surface area contributed by atoms with Crippen molar-refractivity contribution < 1.29 is 0 Å². The summed E-state index contributed by atoms with van der Waals surface area (Å²) >= 11 is 0. The van der Waals surface area contributed by atoms with E-state index in [9.17, 15) is 0 Å². The van der Waals surface area contributed by atoms with Crippen molar-refractivity contribution in [3.8, 4) is 0 Å². The SMILES string of the molecule is CCCc1cncc(C)c1N. The molecule has 60 valence electrons. The van der Waals surface area contributed by atoms with Gasteiger partial charge in [-0.05, 0) is 24.5 Å². The van der Waals surface area contributed by atoms with Gasteiger partial charge in [0, 0.05) is 18.1 Å². The van der Waals surface area contributed by atoms with Crippen LogP contribution in [0.5, 0.6) is 0 Å². The third kappa shape index (κ3) is 1.70. The van der Waals surface area contributed by atoms with E-state index in [1.165, 1.54) is 5.56 Å². The van der Waals surface area contributed by atoms with Crippen LogP contribution in [0.1, 0.15) is 24.5 Å². The number of anilines is 1. The highest BCUT2D eigenvalue weighted by Crippen LogP contribution is 2.15. The molecule has 0 unspecified atom stereocenters. The summed E-state index contributed by atoms with van der Waals surface area (Å²) in [5.74, 6) is 0. The van der Waals surface area contributed by atoms with E-state index in [4.69, 9.17) is 5.73 Å². The molecular weight excluding hydrogens is 136 g/mol. The molecular formula is C9H14N2. The van der Waals surface area contributed by atoms with E-state index < -0.39 is 0 Å². The van der Waals surface area contributed by atoms with Crippen LogP contribution in [0.3, 0.4) is 0 Å². The smallest absolute Gasteiger partial charge is 0.0407 e. The minimum Gasteiger partial charge on any atom is -0.398 e. The zero-order chi connectivity index (χ0) is 8.27. The molecule has 0 saturated carbocycles. The maximum atomic E-state index is 5.83. The number of pyridine rings is 1. The third-order valence-corrected chi connectivity index (χ3v) is 1.79. The van der Waals surface area contributed by atoms with Gasteiger partial charge in [-0.1, -0.05) is 13.3 Å². The van der Waals surface area contributed by atoms with Gasteiger partial charge in [-0.25, -0.2) is 0 Å². The Morgan fingerprint density at radius 2 is 2.18 bits per heavy atom. The average Bonchev–Trinajstić information content (AvgIpc) is 1.99. The number of aryl methyl sites for hydroxylation is 2. The van der Waals surface area contributed by atoms with Gasteiger partial charge in [-0.3, -0.25) is 4.98 Å². The Morgan fingerprint density at radius 3 is 2.82 bits per heavy atom. The summed E-state index contributed by atoms with van der Waals surface area (Å²) < 4.78 is 0. The molecule has 0 aliphatic carbocycles. The Balaban J connectivity index is 2.96. The van der Waals surface area contributed by atoms with Gasteiger partial charge < -0.3 is 5.73 Å². The molecule has 0 aliphatic rings. The van der Waals surface area contributed by atoms with E-state index in [-0.39, 0.29) is 0 Å². The molecule has 0 aromatic carbocycles. The molecule has 1 rings (SSSR count). The molecule has 1 aromatic heterocycles. The van der Waals surface area contributed by atoms with Crippen molar-refractivity contribution in [1.82, 2.24) is 4.98 Å². The van der Waals surface area contributed by atoms with E-state index >= 15 is 0 Å². The van der Waals surface area contributed by atoms with E-state index in [2.05, 4.69) is 11.9 Å². The lowest BCUT2D eigenvalue weighted by atomic mass is 10.1. The molecule has 0 fully saturated rings. The Hall–Kier alpha value is -1.05. The molecule has 1 heterocycles. The summed E-state index contributed by atoms with van der Waals surface area (Å²) in [6.45, 7) is 4.13. The topological polar surface area (TPSA) is 38.9 Å². The molecule has 0 amide bonds. The molecule has 11 heavy (non-hydrogen) atoms. The predicted octanol–water partition coefficient (Wildman–Crippen LogP) is 1.92. The summed E-state index contributed by atoms with van der Waals surface area (Å²) in [6, 6.07) is 0. The number of nitrogens with two attached hydrogens (primary N) is 1. The molecule has 0 saturated heterocycles. The van der Waals surface area contributed by atoms with Crippen LogP contribution < -0.4 is 5.73 Å². The van der Waals surface area contributed by atoms with Crippen LogP contribution in [-0.4, -0.2) is 4.98 Å². The second kappa shape index (κ2) is 3.37. The third-order valence-electron chi connectivity index (χ3n) is 1.79. The first-order chi connectivity index (χ1) is 5.25. The zero-order valence-corrected chi connectivity index (χ0v) is 7.09. The molecule has 1 aromatic rings. The number of rotatable bonds is 2. The van der Waals surface area contributed by atoms with E-state index in [0.717, 1.165) is 24.1 Å². The van der Waals surface area contributed by atoms with Crippen LogP contribution in [-0.2, 0) is 6.42 Å². The maximum absolute atomic E-state index is 5.83. The largest absolute Gasteiger partial charge is 0.398 e. The number of aromatic nitrogens is 1. The molecule has 2 heteroatoms. The minimum absolute atomic E-state index is 0.904. The monoisotopic (exact) mass is 150 g/mol. The van der Waals surface area contributed by atoms with E-state index in [1.807, 2.05) is 13.1 Å². The van der Waals surface area contributed by atoms with Crippen molar-refractivity contribution in [3.05, 3.63) is 23.5 Å². The lowest BCUT2D eigenvalue weighted by Crippen LogP contribution is -1.97. The fraction of sp³-hybridized carbons (Fsp3) is 0.444. The van der Waals surface area contributed by atoms with Gasteiger partial charge >= 0.3 is 0 Å². The van der Waals surface area contributed by atoms with E-state index in [0.29, 0.717) is 0 Å². The van der Waals surface area contributed by atoms with Crippen LogP contribution >= 0.6 is 0 Å². The van der Waals surface area contributed by atoms with Crippen LogP contribution in [0.2, 0.25) is 0 Å². The summed E-state index contributed by atoms with van der Waals surface area (Å²) in [6.07, 6.45) is 5.80. The molecule has 0 spiro atoms.